The third kappa shape index (κ3) is 3.47. The van der Waals surface area contributed by atoms with E-state index in [0.717, 1.165) is 43.7 Å². The lowest BCUT2D eigenvalue weighted by molar-refractivity contribution is 0.278. The first kappa shape index (κ1) is 16.2. The molecule has 0 unspecified atom stereocenters. The van der Waals surface area contributed by atoms with Crippen molar-refractivity contribution in [3.05, 3.63) is 81.8 Å². The van der Waals surface area contributed by atoms with Crippen LogP contribution in [0.15, 0.2) is 53.8 Å². The highest BCUT2D eigenvalue weighted by atomic mass is 16.1. The summed E-state index contributed by atoms with van der Waals surface area (Å²) in [4.78, 5) is 14.5. The van der Waals surface area contributed by atoms with Gasteiger partial charge in [-0.1, -0.05) is 24.3 Å². The zero-order valence-electron chi connectivity index (χ0n) is 13.7. The van der Waals surface area contributed by atoms with E-state index in [-0.39, 0.29) is 5.56 Å². The highest BCUT2D eigenvalue weighted by Crippen LogP contribution is 2.17. The minimum absolute atomic E-state index is 0.0452. The first-order valence-electron chi connectivity index (χ1n) is 8.25. The zero-order valence-corrected chi connectivity index (χ0v) is 13.7. The summed E-state index contributed by atoms with van der Waals surface area (Å²) in [7, 11) is 0. The van der Waals surface area contributed by atoms with Gasteiger partial charge in [0.2, 0.25) is 0 Å². The summed E-state index contributed by atoms with van der Waals surface area (Å²) in [6, 6.07) is 13.6. The summed E-state index contributed by atoms with van der Waals surface area (Å²) in [6.07, 6.45) is 3.57. The summed E-state index contributed by atoms with van der Waals surface area (Å²) < 4.78 is 1.84. The molecule has 4 heteroatoms. The Morgan fingerprint density at radius 1 is 1.21 bits per heavy atom. The summed E-state index contributed by atoms with van der Waals surface area (Å²) in [5.74, 6) is 0. The Balaban J connectivity index is 1.78. The lowest BCUT2D eigenvalue weighted by Crippen LogP contribution is -2.27. The Kier molecular flexibility index (Phi) is 4.93. The number of aromatic nitrogens is 1. The van der Waals surface area contributed by atoms with Crippen LogP contribution >= 0.6 is 0 Å². The van der Waals surface area contributed by atoms with Gasteiger partial charge < -0.3 is 4.57 Å². The number of nitriles is 1. The minimum Gasteiger partial charge on any atom is -0.309 e. The second kappa shape index (κ2) is 7.29. The van der Waals surface area contributed by atoms with E-state index in [1.807, 2.05) is 28.8 Å². The maximum absolute atomic E-state index is 12.1. The highest BCUT2D eigenvalue weighted by Gasteiger charge is 2.17. The van der Waals surface area contributed by atoms with E-state index < -0.39 is 0 Å². The van der Waals surface area contributed by atoms with Crippen molar-refractivity contribution in [1.29, 1.82) is 5.26 Å². The van der Waals surface area contributed by atoms with Gasteiger partial charge in [0.1, 0.15) is 0 Å². The summed E-state index contributed by atoms with van der Waals surface area (Å²) >= 11 is 0. The van der Waals surface area contributed by atoms with Crippen LogP contribution in [0.4, 0.5) is 0 Å². The van der Waals surface area contributed by atoms with Gasteiger partial charge in [0.05, 0.1) is 11.6 Å². The predicted molar refractivity (Wildman–Crippen MR) is 94.7 cm³/mol. The lowest BCUT2D eigenvalue weighted by atomic mass is 10.1. The molecule has 2 heterocycles. The van der Waals surface area contributed by atoms with Gasteiger partial charge in [0.15, 0.2) is 0 Å². The number of benzene rings is 1. The van der Waals surface area contributed by atoms with Crippen LogP contribution in [-0.4, -0.2) is 22.6 Å². The smallest absolute Gasteiger partial charge is 0.251 e. The van der Waals surface area contributed by atoms with Gasteiger partial charge in [-0.05, 0) is 29.7 Å². The maximum Gasteiger partial charge on any atom is 0.251 e. The molecule has 0 atom stereocenters. The molecule has 3 rings (SSSR count). The molecule has 0 bridgehead atoms. The first-order chi connectivity index (χ1) is 11.7. The molecule has 24 heavy (non-hydrogen) atoms. The van der Waals surface area contributed by atoms with E-state index >= 15 is 0 Å². The standard InChI is InChI=1S/C20H21N3O/c1-2-10-23-19-9-12-22(11-8-18(19)6-7-20(23)24)15-17-5-3-4-16(13-17)14-21/h2-7,13H,1,8-12,15H2. The summed E-state index contributed by atoms with van der Waals surface area (Å²) in [6.45, 7) is 7.01. The molecule has 2 aromatic rings. The molecule has 1 aliphatic heterocycles. The van der Waals surface area contributed by atoms with Crippen LogP contribution in [0.2, 0.25) is 0 Å². The van der Waals surface area contributed by atoms with Gasteiger partial charge in [-0.3, -0.25) is 9.69 Å². The number of hydrogen-bond donors (Lipinski definition) is 0. The van der Waals surface area contributed by atoms with E-state index in [1.54, 1.807) is 12.1 Å². The second-order valence-electron chi connectivity index (χ2n) is 6.13. The fourth-order valence-electron chi connectivity index (χ4n) is 3.33. The molecule has 0 fully saturated rings. The molecule has 1 aromatic carbocycles. The topological polar surface area (TPSA) is 49.0 Å². The van der Waals surface area contributed by atoms with Gasteiger partial charge in [0, 0.05) is 44.4 Å². The monoisotopic (exact) mass is 319 g/mol. The number of rotatable bonds is 4. The van der Waals surface area contributed by atoms with Crippen molar-refractivity contribution in [3.63, 3.8) is 0 Å². The fraction of sp³-hybridized carbons (Fsp3) is 0.300. The lowest BCUT2D eigenvalue weighted by Gasteiger charge is -2.19. The van der Waals surface area contributed by atoms with E-state index in [2.05, 4.69) is 23.6 Å². The van der Waals surface area contributed by atoms with Crippen molar-refractivity contribution in [1.82, 2.24) is 9.47 Å². The van der Waals surface area contributed by atoms with Crippen LogP contribution in [0.25, 0.3) is 0 Å². The largest absolute Gasteiger partial charge is 0.309 e. The van der Waals surface area contributed by atoms with Crippen molar-refractivity contribution in [2.24, 2.45) is 0 Å². The molecule has 1 aromatic heterocycles. The molecule has 0 N–H and O–H groups in total. The quantitative estimate of drug-likeness (QED) is 0.814. The number of fused-ring (bicyclic) bond motifs is 1. The predicted octanol–water partition coefficient (Wildman–Crippen LogP) is 2.51. The van der Waals surface area contributed by atoms with Crippen molar-refractivity contribution in [2.75, 3.05) is 13.1 Å². The molecule has 1 aliphatic rings. The third-order valence-electron chi connectivity index (χ3n) is 4.53. The molecular formula is C20H21N3O. The number of nitrogens with zero attached hydrogens (tertiary/aromatic N) is 3. The molecular weight excluding hydrogens is 298 g/mol. The van der Waals surface area contributed by atoms with Crippen LogP contribution in [-0.2, 0) is 25.9 Å². The maximum atomic E-state index is 12.1. The number of pyridine rings is 1. The van der Waals surface area contributed by atoms with Crippen LogP contribution in [0.1, 0.15) is 22.4 Å². The molecule has 0 saturated heterocycles. The van der Waals surface area contributed by atoms with Crippen LogP contribution in [0.5, 0.6) is 0 Å². The summed E-state index contributed by atoms with van der Waals surface area (Å²) in [5.41, 5.74) is 4.29. The molecule has 0 saturated carbocycles. The Morgan fingerprint density at radius 3 is 2.83 bits per heavy atom. The Hall–Kier alpha value is -2.64. The van der Waals surface area contributed by atoms with Gasteiger partial charge in [-0.15, -0.1) is 6.58 Å². The van der Waals surface area contributed by atoms with Crippen molar-refractivity contribution in [3.8, 4) is 6.07 Å². The Bertz CT molecular complexity index is 845. The van der Waals surface area contributed by atoms with Crippen molar-refractivity contribution in [2.45, 2.75) is 25.9 Å². The number of hydrogen-bond acceptors (Lipinski definition) is 3. The van der Waals surface area contributed by atoms with E-state index in [4.69, 9.17) is 5.26 Å². The molecule has 4 nitrogen and oxygen atoms in total. The third-order valence-corrected chi connectivity index (χ3v) is 4.53. The molecule has 0 spiro atoms. The van der Waals surface area contributed by atoms with Crippen LogP contribution < -0.4 is 5.56 Å². The fourth-order valence-corrected chi connectivity index (χ4v) is 3.33. The number of allylic oxidation sites excluding steroid dienone is 1. The highest BCUT2D eigenvalue weighted by molar-refractivity contribution is 5.33. The van der Waals surface area contributed by atoms with E-state index in [1.165, 1.54) is 5.56 Å². The minimum atomic E-state index is 0.0452. The molecule has 0 radical (unpaired) electrons. The first-order valence-corrected chi connectivity index (χ1v) is 8.25. The normalized spacial score (nSPS) is 14.5. The van der Waals surface area contributed by atoms with Gasteiger partial charge in [-0.2, -0.15) is 5.26 Å². The van der Waals surface area contributed by atoms with Crippen LogP contribution in [0.3, 0.4) is 0 Å². The van der Waals surface area contributed by atoms with Crippen molar-refractivity contribution < 1.29 is 0 Å². The van der Waals surface area contributed by atoms with Gasteiger partial charge in [0.25, 0.3) is 5.56 Å². The zero-order chi connectivity index (χ0) is 16.9. The Labute approximate surface area is 142 Å². The van der Waals surface area contributed by atoms with E-state index in [0.29, 0.717) is 12.1 Å². The summed E-state index contributed by atoms with van der Waals surface area (Å²) in [5, 5.41) is 9.03. The SMILES string of the molecule is C=CCn1c2c(ccc1=O)CCN(Cc1cccc(C#N)c1)CC2. The average Bonchev–Trinajstić information content (AvgIpc) is 2.80. The second-order valence-corrected chi connectivity index (χ2v) is 6.13. The Morgan fingerprint density at radius 2 is 2.04 bits per heavy atom. The average molecular weight is 319 g/mol. The van der Waals surface area contributed by atoms with Gasteiger partial charge in [-0.25, -0.2) is 0 Å². The molecule has 0 amide bonds. The molecule has 0 aliphatic carbocycles. The van der Waals surface area contributed by atoms with Crippen molar-refractivity contribution >= 4 is 0 Å². The van der Waals surface area contributed by atoms with Gasteiger partial charge >= 0.3 is 0 Å². The van der Waals surface area contributed by atoms with E-state index in [9.17, 15) is 4.79 Å². The molecule has 122 valence electrons. The van der Waals surface area contributed by atoms with Crippen LogP contribution in [0, 0.1) is 11.3 Å².